The number of hydrogen-bond donors (Lipinski definition) is 5. The molecule has 366 valence electrons. The molecule has 3 aliphatic rings. The smallest absolute Gasteiger partial charge is 0.430 e. The molecular formula is C47H79F3N6O8. The number of aliphatic hydroxyl groups excluding tert-OH is 2. The summed E-state index contributed by atoms with van der Waals surface area (Å²) in [4.78, 5) is 42.1. The van der Waals surface area contributed by atoms with Crippen molar-refractivity contribution in [2.24, 2.45) is 11.5 Å². The fourth-order valence-corrected chi connectivity index (χ4v) is 8.89. The molecule has 0 aromatic carbocycles. The molecule has 14 nitrogen and oxygen atoms in total. The Balaban J connectivity index is 0.00000143. The number of carbonyl (C=O) groups is 3. The van der Waals surface area contributed by atoms with Crippen LogP contribution in [-0.2, 0) is 31.9 Å². The number of nitrogens with two attached hydrogens (primary N) is 2. The van der Waals surface area contributed by atoms with Crippen molar-refractivity contribution < 1.29 is 56.9 Å². The van der Waals surface area contributed by atoms with E-state index in [1.54, 1.807) is 4.90 Å². The number of rotatable bonds is 29. The maximum absolute atomic E-state index is 13.7. The molecule has 0 unspecified atom stereocenters. The molecule has 7 N–H and O–H groups in total. The lowest BCUT2D eigenvalue weighted by atomic mass is 9.95. The summed E-state index contributed by atoms with van der Waals surface area (Å²) in [6.07, 6.45) is 22.5. The van der Waals surface area contributed by atoms with Crippen LogP contribution in [0.4, 0.5) is 19.1 Å². The molecule has 0 fully saturated rings. The fourth-order valence-electron chi connectivity index (χ4n) is 8.89. The zero-order valence-corrected chi connectivity index (χ0v) is 38.7. The highest BCUT2D eigenvalue weighted by molar-refractivity contribution is 5.91. The van der Waals surface area contributed by atoms with Crippen LogP contribution in [0.25, 0.3) is 0 Å². The second kappa shape index (κ2) is 29.3. The molecule has 1 spiro atoms. The number of carboxylic acid groups (broad SMARTS) is 1. The Hall–Kier alpha value is -3.38. The van der Waals surface area contributed by atoms with Gasteiger partial charge in [-0.2, -0.15) is 13.2 Å². The van der Waals surface area contributed by atoms with Crippen LogP contribution in [0.3, 0.4) is 0 Å². The number of amides is 1. The molecule has 0 radical (unpaired) electrons. The molecule has 17 heteroatoms. The van der Waals surface area contributed by atoms with Gasteiger partial charge in [0.2, 0.25) is 5.91 Å². The third kappa shape index (κ3) is 19.2. The van der Waals surface area contributed by atoms with Crippen molar-refractivity contribution in [2.45, 2.75) is 211 Å². The topological polar surface area (TPSA) is 217 Å². The molecule has 0 bridgehead atoms. The molecule has 4 heterocycles. The molecule has 64 heavy (non-hydrogen) atoms. The van der Waals surface area contributed by atoms with E-state index in [-0.39, 0.29) is 24.0 Å². The first-order chi connectivity index (χ1) is 30.6. The van der Waals surface area contributed by atoms with Gasteiger partial charge in [0.05, 0.1) is 36.7 Å². The van der Waals surface area contributed by atoms with Crippen molar-refractivity contribution in [3.05, 3.63) is 29.1 Å². The van der Waals surface area contributed by atoms with E-state index in [4.69, 9.17) is 35.8 Å². The fraction of sp³-hybridized carbons (Fsp3) is 0.809. The summed E-state index contributed by atoms with van der Waals surface area (Å²) in [6.45, 7) is 6.30. The Morgan fingerprint density at radius 3 is 2.19 bits per heavy atom. The van der Waals surface area contributed by atoms with Crippen LogP contribution in [0.1, 0.15) is 189 Å². The number of carboxylic acids is 1. The van der Waals surface area contributed by atoms with Gasteiger partial charge in [-0.05, 0) is 77.8 Å². The third-order valence-electron chi connectivity index (χ3n) is 12.3. The van der Waals surface area contributed by atoms with Crippen LogP contribution >= 0.6 is 0 Å². The summed E-state index contributed by atoms with van der Waals surface area (Å²) in [5, 5.41) is 32.6. The first kappa shape index (κ1) is 55.0. The summed E-state index contributed by atoms with van der Waals surface area (Å²) in [7, 11) is 0. The summed E-state index contributed by atoms with van der Waals surface area (Å²) in [5.74, 6) is -2.34. The van der Waals surface area contributed by atoms with Crippen molar-refractivity contribution in [3.63, 3.8) is 0 Å². The van der Waals surface area contributed by atoms with Gasteiger partial charge in [-0.15, -0.1) is 0 Å². The maximum atomic E-state index is 13.7. The van der Waals surface area contributed by atoms with E-state index in [2.05, 4.69) is 29.0 Å². The van der Waals surface area contributed by atoms with Gasteiger partial charge in [0.15, 0.2) is 5.72 Å². The van der Waals surface area contributed by atoms with Gasteiger partial charge in [-0.1, -0.05) is 94.7 Å². The number of esters is 1. The number of halogens is 3. The predicted octanol–water partition coefficient (Wildman–Crippen LogP) is 6.02. The Morgan fingerprint density at radius 2 is 1.61 bits per heavy atom. The average molecular weight is 913 g/mol. The molecule has 3 aliphatic heterocycles. The quantitative estimate of drug-likeness (QED) is 0.0270. The molecule has 1 amide bonds. The van der Waals surface area contributed by atoms with Gasteiger partial charge in [-0.3, -0.25) is 4.79 Å². The lowest BCUT2D eigenvalue weighted by Gasteiger charge is -2.38. The van der Waals surface area contributed by atoms with Crippen LogP contribution < -0.4 is 26.5 Å². The number of aryl methyl sites for hydroxylation is 1. The highest BCUT2D eigenvalue weighted by Crippen LogP contribution is 2.41. The van der Waals surface area contributed by atoms with Crippen LogP contribution in [-0.4, -0.2) is 101 Å². The normalized spacial score (nSPS) is 19.8. The van der Waals surface area contributed by atoms with E-state index in [9.17, 15) is 33.0 Å². The molecule has 1 aromatic rings. The lowest BCUT2D eigenvalue weighted by Crippen LogP contribution is -2.58. The van der Waals surface area contributed by atoms with Crippen molar-refractivity contribution in [3.8, 4) is 0 Å². The number of aromatic nitrogens is 2. The number of anilines is 1. The number of hydrogen-bond acceptors (Lipinski definition) is 12. The number of alkyl halides is 3. The van der Waals surface area contributed by atoms with E-state index in [1.807, 2.05) is 6.92 Å². The molecule has 5 atom stereocenters. The first-order valence-electron chi connectivity index (χ1n) is 24.2. The summed E-state index contributed by atoms with van der Waals surface area (Å²) < 4.78 is 46.4. The van der Waals surface area contributed by atoms with Crippen LogP contribution in [0.5, 0.6) is 0 Å². The highest BCUT2D eigenvalue weighted by atomic mass is 19.4. The SMILES string of the molecule is CC[C@H]1C=CCC[C@@]2(C[C@@H]3CCc4c(C(=O)OCCCCCCCCCCCCCCCC(=O)N(CCCN)C[C@@H](O)CCN)c(CCC[C@@H](C)O)nc([n+]43)N2)O1.O=C([O-])C(F)(F)F. The number of ether oxygens (including phenoxy) is 2. The van der Waals surface area contributed by atoms with Crippen molar-refractivity contribution in [1.82, 2.24) is 9.88 Å². The maximum Gasteiger partial charge on any atom is 0.430 e. The van der Waals surface area contributed by atoms with Gasteiger partial charge >= 0.3 is 18.1 Å². The standard InChI is InChI=1S/C45H78N6O6.C2HF3O2/c1-3-38-22-16-17-28-45(57-38)33-36-25-26-40-42(39(23-19-21-35(2)52)48-44(49-45)51(36)40)43(55)56-32-18-14-12-10-8-6-4-5-7-9-11-13-15-24-41(54)50(31-20-29-46)34-37(53)27-30-47;3-2(4,5)1(6)7/h16,22,35-38,52-53H,3-15,17-21,23-34,46-47H2,1-2H3;(H,6,7)/t35-,36+,37+,38+,45+;/m1./s1. The lowest BCUT2D eigenvalue weighted by molar-refractivity contribution is -0.713. The van der Waals surface area contributed by atoms with Crippen molar-refractivity contribution in [1.29, 1.82) is 0 Å². The van der Waals surface area contributed by atoms with Crippen molar-refractivity contribution >= 4 is 23.8 Å². The molecule has 0 saturated carbocycles. The largest absolute Gasteiger partial charge is 0.542 e. The summed E-state index contributed by atoms with van der Waals surface area (Å²) in [6, 6.07) is 0.240. The molecular weight excluding hydrogens is 834 g/mol. The summed E-state index contributed by atoms with van der Waals surface area (Å²) in [5.41, 5.74) is 13.2. The molecule has 4 rings (SSSR count). The Morgan fingerprint density at radius 1 is 0.984 bits per heavy atom. The van der Waals surface area contributed by atoms with Crippen LogP contribution in [0.2, 0.25) is 0 Å². The minimum atomic E-state index is -5.19. The number of nitrogens with zero attached hydrogens (tertiary/aromatic N) is 3. The highest BCUT2D eigenvalue weighted by Gasteiger charge is 2.51. The monoisotopic (exact) mass is 913 g/mol. The minimum Gasteiger partial charge on any atom is -0.542 e. The van der Waals surface area contributed by atoms with Gasteiger partial charge in [0.25, 0.3) is 0 Å². The van der Waals surface area contributed by atoms with E-state index in [0.717, 1.165) is 107 Å². The zero-order chi connectivity index (χ0) is 47.0. The van der Waals surface area contributed by atoms with Gasteiger partial charge in [0, 0.05) is 45.2 Å². The van der Waals surface area contributed by atoms with E-state index >= 15 is 0 Å². The van der Waals surface area contributed by atoms with Crippen LogP contribution in [0.15, 0.2) is 12.2 Å². The second-order valence-electron chi connectivity index (χ2n) is 17.8. The Labute approximate surface area is 379 Å². The number of aliphatic carboxylic acids is 1. The number of unbranched alkanes of at least 4 members (excludes halogenated alkanes) is 12. The molecule has 1 aromatic heterocycles. The van der Waals surface area contributed by atoms with E-state index in [1.165, 1.54) is 44.9 Å². The van der Waals surface area contributed by atoms with Gasteiger partial charge in [0.1, 0.15) is 17.2 Å². The number of allylic oxidation sites excluding steroid dienone is 1. The first-order valence-corrected chi connectivity index (χ1v) is 24.2. The molecule has 0 aliphatic carbocycles. The predicted molar refractivity (Wildman–Crippen MR) is 237 cm³/mol. The van der Waals surface area contributed by atoms with E-state index < -0.39 is 30.1 Å². The number of carbonyl (C=O) groups excluding carboxylic acids is 3. The van der Waals surface area contributed by atoms with Crippen LogP contribution in [0, 0.1) is 0 Å². The number of nitrogens with one attached hydrogen (secondary N) is 1. The minimum absolute atomic E-state index is 0.0792. The Kier molecular flexibility index (Phi) is 25.2. The second-order valence-corrected chi connectivity index (χ2v) is 17.8. The average Bonchev–Trinajstić information content (AvgIpc) is 3.55. The molecule has 0 saturated heterocycles. The summed E-state index contributed by atoms with van der Waals surface area (Å²) >= 11 is 0. The number of aliphatic hydroxyl groups is 2. The Bertz CT molecular complexity index is 1580. The van der Waals surface area contributed by atoms with Crippen molar-refractivity contribution in [2.75, 3.05) is 38.1 Å². The van der Waals surface area contributed by atoms with Gasteiger partial charge in [-0.25, -0.2) is 14.7 Å². The van der Waals surface area contributed by atoms with E-state index in [0.29, 0.717) is 64.0 Å². The van der Waals surface area contributed by atoms with Gasteiger partial charge < -0.3 is 46.0 Å². The zero-order valence-electron chi connectivity index (χ0n) is 38.7. The third-order valence-corrected chi connectivity index (χ3v) is 12.3.